The van der Waals surface area contributed by atoms with Crippen LogP contribution in [-0.4, -0.2) is 35.6 Å². The number of carbonyl (C=O) groups is 1. The molecule has 0 saturated heterocycles. The normalized spacial score (nSPS) is 29.0. The lowest BCUT2D eigenvalue weighted by Crippen LogP contribution is -2.63. The van der Waals surface area contributed by atoms with Crippen molar-refractivity contribution in [1.29, 1.82) is 0 Å². The Morgan fingerprint density at radius 1 is 1.05 bits per heavy atom. The number of hydrogen-bond donors (Lipinski definition) is 1. The summed E-state index contributed by atoms with van der Waals surface area (Å²) in [5.74, 6) is -1.58. The first-order valence-electron chi connectivity index (χ1n) is 7.00. The zero-order chi connectivity index (χ0) is 16.8. The van der Waals surface area contributed by atoms with Crippen LogP contribution in [-0.2, 0) is 9.53 Å². The van der Waals surface area contributed by atoms with Gasteiger partial charge in [0.15, 0.2) is 0 Å². The van der Waals surface area contributed by atoms with Crippen LogP contribution >= 0.6 is 0 Å². The molecule has 0 aliphatic heterocycles. The fourth-order valence-electron chi connectivity index (χ4n) is 3.53. The molecule has 128 valence electrons. The predicted octanol–water partition coefficient (Wildman–Crippen LogP) is 3.21. The monoisotopic (exact) mass is 334 g/mol. The summed E-state index contributed by atoms with van der Waals surface area (Å²) in [7, 11) is 0. The number of halogens is 6. The highest BCUT2D eigenvalue weighted by molar-refractivity contribution is 5.81. The number of fused-ring (bicyclic) bond motifs is 2. The highest BCUT2D eigenvalue weighted by Crippen LogP contribution is 2.49. The first kappa shape index (κ1) is 17.4. The van der Waals surface area contributed by atoms with Gasteiger partial charge in [0, 0.05) is 0 Å². The minimum absolute atomic E-state index is 0.163. The summed E-state index contributed by atoms with van der Waals surface area (Å²) in [5, 5.41) is 8.83. The second-order valence-corrected chi connectivity index (χ2v) is 6.07. The van der Waals surface area contributed by atoms with Gasteiger partial charge in [0.25, 0.3) is 0 Å². The number of hydrogen-bond acceptors (Lipinski definition) is 3. The van der Waals surface area contributed by atoms with E-state index in [1.165, 1.54) is 0 Å². The van der Waals surface area contributed by atoms with Crippen LogP contribution in [0.1, 0.15) is 32.1 Å². The van der Waals surface area contributed by atoms with E-state index in [2.05, 4.69) is 4.74 Å². The highest BCUT2D eigenvalue weighted by Gasteiger charge is 2.76. The van der Waals surface area contributed by atoms with Crippen LogP contribution in [0.25, 0.3) is 0 Å². The van der Waals surface area contributed by atoms with Gasteiger partial charge >= 0.3 is 23.9 Å². The third-order valence-corrected chi connectivity index (χ3v) is 4.72. The van der Waals surface area contributed by atoms with Crippen molar-refractivity contribution in [3.63, 3.8) is 0 Å². The zero-order valence-corrected chi connectivity index (χ0v) is 11.5. The van der Waals surface area contributed by atoms with Crippen molar-refractivity contribution in [3.05, 3.63) is 0 Å². The first-order chi connectivity index (χ1) is 9.97. The van der Waals surface area contributed by atoms with E-state index in [1.807, 2.05) is 0 Å². The first-order valence-corrected chi connectivity index (χ1v) is 7.00. The largest absolute Gasteiger partial charge is 0.463 e. The van der Waals surface area contributed by atoms with Crippen molar-refractivity contribution < 1.29 is 41.0 Å². The highest BCUT2D eigenvalue weighted by atomic mass is 19.4. The van der Waals surface area contributed by atoms with Gasteiger partial charge in [-0.2, -0.15) is 26.3 Å². The molecule has 0 aromatic rings. The van der Waals surface area contributed by atoms with E-state index in [9.17, 15) is 31.1 Å². The second kappa shape index (κ2) is 5.58. The molecular formula is C13H16F6O3. The number of rotatable bonds is 4. The molecule has 22 heavy (non-hydrogen) atoms. The van der Waals surface area contributed by atoms with Gasteiger partial charge in [-0.15, -0.1) is 0 Å². The van der Waals surface area contributed by atoms with Crippen LogP contribution in [0, 0.1) is 17.8 Å². The maximum Gasteiger partial charge on any atom is 0.437 e. The molecule has 1 N–H and O–H groups in total. The molecule has 0 aromatic heterocycles. The summed E-state index contributed by atoms with van der Waals surface area (Å²) < 4.78 is 78.7. The smallest absolute Gasteiger partial charge is 0.437 e. The number of alkyl halides is 6. The minimum atomic E-state index is -6.19. The van der Waals surface area contributed by atoms with Gasteiger partial charge in [-0.1, -0.05) is 6.42 Å². The fourth-order valence-corrected chi connectivity index (χ4v) is 3.53. The zero-order valence-electron chi connectivity index (χ0n) is 11.5. The van der Waals surface area contributed by atoms with Crippen LogP contribution in [0.3, 0.4) is 0 Å². The van der Waals surface area contributed by atoms with E-state index < -0.39 is 30.5 Å². The topological polar surface area (TPSA) is 46.5 Å². The number of ether oxygens (including phenoxy) is 1. The average Bonchev–Trinajstić information content (AvgIpc) is 2.97. The molecule has 2 aliphatic carbocycles. The molecule has 2 saturated carbocycles. The van der Waals surface area contributed by atoms with Gasteiger partial charge in [0.1, 0.15) is 0 Å². The van der Waals surface area contributed by atoms with Gasteiger partial charge in [-0.3, -0.25) is 0 Å². The summed E-state index contributed by atoms with van der Waals surface area (Å²) in [5.41, 5.74) is -5.48. The van der Waals surface area contributed by atoms with Crippen molar-refractivity contribution in [2.24, 2.45) is 17.8 Å². The van der Waals surface area contributed by atoms with Gasteiger partial charge in [0.05, 0.1) is 6.61 Å². The van der Waals surface area contributed by atoms with E-state index in [0.29, 0.717) is 11.8 Å². The molecule has 3 nitrogen and oxygen atoms in total. The van der Waals surface area contributed by atoms with Crippen LogP contribution in [0.5, 0.6) is 0 Å². The SMILES string of the molecule is O=C(OCCC1CC2CCC1C2)C(O)(C(F)(F)F)C(F)(F)F. The number of carbonyl (C=O) groups excluding carboxylic acids is 1. The molecule has 0 radical (unpaired) electrons. The molecule has 3 atom stereocenters. The van der Waals surface area contributed by atoms with Gasteiger partial charge in [0.2, 0.25) is 0 Å². The quantitative estimate of drug-likeness (QED) is 0.634. The summed E-state index contributed by atoms with van der Waals surface area (Å²) in [4.78, 5) is 11.2. The lowest BCUT2D eigenvalue weighted by Gasteiger charge is -2.30. The van der Waals surface area contributed by atoms with E-state index in [0.717, 1.165) is 25.7 Å². The van der Waals surface area contributed by atoms with Crippen LogP contribution in [0.2, 0.25) is 0 Å². The Morgan fingerprint density at radius 3 is 2.05 bits per heavy atom. The van der Waals surface area contributed by atoms with E-state index in [-0.39, 0.29) is 12.3 Å². The molecule has 2 aliphatic rings. The lowest BCUT2D eigenvalue weighted by molar-refractivity contribution is -0.357. The second-order valence-electron chi connectivity index (χ2n) is 6.07. The minimum Gasteiger partial charge on any atom is -0.463 e. The standard InChI is InChI=1S/C13H16F6O3/c14-12(15,16)11(21,13(17,18)19)10(20)22-4-3-9-6-7-1-2-8(9)5-7/h7-9,21H,1-6H2. The molecule has 0 spiro atoms. The molecule has 9 heteroatoms. The van der Waals surface area contributed by atoms with E-state index in [1.54, 1.807) is 0 Å². The van der Waals surface area contributed by atoms with Crippen molar-refractivity contribution in [2.75, 3.05) is 6.61 Å². The van der Waals surface area contributed by atoms with Crippen molar-refractivity contribution in [1.82, 2.24) is 0 Å². The maximum atomic E-state index is 12.4. The Balaban J connectivity index is 1.92. The summed E-state index contributed by atoms with van der Waals surface area (Å²) in [6.45, 7) is -0.554. The third-order valence-electron chi connectivity index (χ3n) is 4.72. The summed E-state index contributed by atoms with van der Waals surface area (Å²) in [6.07, 6.45) is -8.16. The fraction of sp³-hybridized carbons (Fsp3) is 0.923. The van der Waals surface area contributed by atoms with Crippen molar-refractivity contribution >= 4 is 5.97 Å². The number of esters is 1. The average molecular weight is 334 g/mol. The third kappa shape index (κ3) is 2.91. The summed E-state index contributed by atoms with van der Waals surface area (Å²) >= 11 is 0. The van der Waals surface area contributed by atoms with E-state index >= 15 is 0 Å². The maximum absolute atomic E-state index is 12.4. The molecule has 0 aromatic carbocycles. The van der Waals surface area contributed by atoms with Gasteiger partial charge < -0.3 is 9.84 Å². The molecule has 2 bridgehead atoms. The molecule has 2 fully saturated rings. The predicted molar refractivity (Wildman–Crippen MR) is 61.6 cm³/mol. The molecule has 2 rings (SSSR count). The molecule has 3 unspecified atom stereocenters. The Kier molecular flexibility index (Phi) is 4.40. The van der Waals surface area contributed by atoms with Gasteiger partial charge in [-0.05, 0) is 43.4 Å². The Hall–Kier alpha value is -0.990. The molecule has 0 heterocycles. The lowest BCUT2D eigenvalue weighted by atomic mass is 9.87. The Labute approximate surface area is 122 Å². The van der Waals surface area contributed by atoms with Crippen LogP contribution in [0.4, 0.5) is 26.3 Å². The van der Waals surface area contributed by atoms with E-state index in [4.69, 9.17) is 5.11 Å². The molecule has 0 amide bonds. The van der Waals surface area contributed by atoms with Crippen molar-refractivity contribution in [3.8, 4) is 0 Å². The van der Waals surface area contributed by atoms with Gasteiger partial charge in [-0.25, -0.2) is 4.79 Å². The van der Waals surface area contributed by atoms with Crippen LogP contribution < -0.4 is 0 Å². The Bertz CT molecular complexity index is 416. The Morgan fingerprint density at radius 2 is 1.64 bits per heavy atom. The van der Waals surface area contributed by atoms with Crippen LogP contribution in [0.15, 0.2) is 0 Å². The summed E-state index contributed by atoms with van der Waals surface area (Å²) in [6, 6.07) is 0. The van der Waals surface area contributed by atoms with Crippen molar-refractivity contribution in [2.45, 2.75) is 50.1 Å². The molecular weight excluding hydrogens is 318 g/mol. The number of aliphatic hydroxyl groups is 1.